The summed E-state index contributed by atoms with van der Waals surface area (Å²) < 4.78 is 11.3. The number of ether oxygens (including phenoxy) is 1. The first kappa shape index (κ1) is 20.8. The molecule has 7 nitrogen and oxygen atoms in total. The number of hydrogen-bond donors (Lipinski definition) is 2. The van der Waals surface area contributed by atoms with E-state index in [0.29, 0.717) is 25.7 Å². The Labute approximate surface area is 160 Å². The summed E-state index contributed by atoms with van der Waals surface area (Å²) in [6.45, 7) is 6.16. The normalized spacial score (nSPS) is 12.8. The maximum atomic E-state index is 11.9. The maximum Gasteiger partial charge on any atom is 0.243 e. The molecule has 2 aromatic rings. The molecule has 1 amide bonds. The molecule has 0 saturated carbocycles. The van der Waals surface area contributed by atoms with E-state index >= 15 is 0 Å². The van der Waals surface area contributed by atoms with E-state index in [4.69, 9.17) is 9.15 Å². The minimum atomic E-state index is -0.0926. The lowest BCUT2D eigenvalue weighted by molar-refractivity contribution is -0.127. The molecule has 0 saturated heterocycles. The number of likely N-dealkylation sites (N-methyl/N-ethyl adjacent to an activating group) is 1. The lowest BCUT2D eigenvalue weighted by Crippen LogP contribution is -2.40. The van der Waals surface area contributed by atoms with Crippen molar-refractivity contribution in [2.45, 2.75) is 26.3 Å². The van der Waals surface area contributed by atoms with Gasteiger partial charge in [0, 0.05) is 39.2 Å². The van der Waals surface area contributed by atoms with Gasteiger partial charge in [0.2, 0.25) is 5.91 Å². The lowest BCUT2D eigenvalue weighted by atomic mass is 10.2. The number of nitrogens with zero attached hydrogens (tertiary/aromatic N) is 2. The van der Waals surface area contributed by atoms with Crippen LogP contribution in [0.3, 0.4) is 0 Å². The molecule has 1 atom stereocenters. The molecule has 0 fully saturated rings. The summed E-state index contributed by atoms with van der Waals surface area (Å²) >= 11 is 0. The van der Waals surface area contributed by atoms with E-state index in [2.05, 4.69) is 15.6 Å². The second-order valence-corrected chi connectivity index (χ2v) is 6.48. The van der Waals surface area contributed by atoms with Crippen LogP contribution < -0.4 is 10.6 Å². The number of rotatable bonds is 9. The van der Waals surface area contributed by atoms with Crippen LogP contribution in [0.4, 0.5) is 0 Å². The van der Waals surface area contributed by atoms with Crippen molar-refractivity contribution in [3.63, 3.8) is 0 Å². The number of carbonyl (C=O) groups excluding carboxylic acids is 1. The van der Waals surface area contributed by atoms with Gasteiger partial charge in [-0.2, -0.15) is 0 Å². The molecule has 1 aromatic heterocycles. The highest BCUT2D eigenvalue weighted by molar-refractivity contribution is 5.85. The zero-order valence-electron chi connectivity index (χ0n) is 16.6. The Morgan fingerprint density at radius 3 is 2.81 bits per heavy atom. The van der Waals surface area contributed by atoms with Gasteiger partial charge in [0.15, 0.2) is 5.96 Å². The number of para-hydroxylation sites is 1. The van der Waals surface area contributed by atoms with E-state index < -0.39 is 0 Å². The van der Waals surface area contributed by atoms with Gasteiger partial charge in [0.1, 0.15) is 17.9 Å². The van der Waals surface area contributed by atoms with E-state index in [-0.39, 0.29) is 18.5 Å². The molecule has 27 heavy (non-hydrogen) atoms. The molecular weight excluding hydrogens is 344 g/mol. The fraction of sp³-hybridized carbons (Fsp3) is 0.500. The van der Waals surface area contributed by atoms with Gasteiger partial charge in [-0.15, -0.1) is 0 Å². The van der Waals surface area contributed by atoms with Gasteiger partial charge in [-0.25, -0.2) is 4.99 Å². The zero-order valence-corrected chi connectivity index (χ0v) is 16.6. The molecule has 7 heteroatoms. The standard InChI is InChI=1S/C20H30N4O3/c1-5-26-12-8-11-21-20(22-14-19(25)24(3)4)23-15(2)18-13-16-9-6-7-10-17(16)27-18/h6-7,9-10,13,15H,5,8,11-12,14H2,1-4H3,(H2,21,22,23). The summed E-state index contributed by atoms with van der Waals surface area (Å²) in [7, 11) is 3.44. The van der Waals surface area contributed by atoms with Crippen LogP contribution in [0.15, 0.2) is 39.7 Å². The van der Waals surface area contributed by atoms with Crippen LogP contribution in [0.25, 0.3) is 11.0 Å². The molecule has 0 bridgehead atoms. The number of hydrogen-bond acceptors (Lipinski definition) is 4. The number of fused-ring (bicyclic) bond motifs is 1. The van der Waals surface area contributed by atoms with E-state index in [9.17, 15) is 4.79 Å². The topological polar surface area (TPSA) is 79.1 Å². The number of furan rings is 1. The van der Waals surface area contributed by atoms with Gasteiger partial charge in [-0.3, -0.25) is 4.79 Å². The number of amides is 1. The van der Waals surface area contributed by atoms with Gasteiger partial charge < -0.3 is 24.7 Å². The van der Waals surface area contributed by atoms with Crippen LogP contribution >= 0.6 is 0 Å². The first-order valence-corrected chi connectivity index (χ1v) is 9.32. The van der Waals surface area contributed by atoms with Crippen LogP contribution in [0.2, 0.25) is 0 Å². The first-order chi connectivity index (χ1) is 13.0. The van der Waals surface area contributed by atoms with Crippen molar-refractivity contribution in [1.82, 2.24) is 15.5 Å². The molecule has 1 unspecified atom stereocenters. The van der Waals surface area contributed by atoms with Crippen molar-refractivity contribution in [3.8, 4) is 0 Å². The van der Waals surface area contributed by atoms with E-state index in [0.717, 1.165) is 23.2 Å². The highest BCUT2D eigenvalue weighted by atomic mass is 16.5. The summed E-state index contributed by atoms with van der Waals surface area (Å²) in [6, 6.07) is 9.83. The monoisotopic (exact) mass is 374 g/mol. The zero-order chi connectivity index (χ0) is 19.6. The molecule has 1 aromatic carbocycles. The Balaban J connectivity index is 2.01. The third-order valence-corrected chi connectivity index (χ3v) is 4.06. The quantitative estimate of drug-likeness (QED) is 0.401. The van der Waals surface area contributed by atoms with Gasteiger partial charge in [-0.1, -0.05) is 18.2 Å². The number of aliphatic imine (C=N–C) groups is 1. The van der Waals surface area contributed by atoms with Crippen LogP contribution in [0.5, 0.6) is 0 Å². The number of nitrogens with one attached hydrogen (secondary N) is 2. The molecule has 0 aliphatic heterocycles. The summed E-state index contributed by atoms with van der Waals surface area (Å²) in [6.07, 6.45) is 0.856. The summed E-state index contributed by atoms with van der Waals surface area (Å²) in [5.74, 6) is 1.34. The molecule has 2 rings (SSSR count). The molecule has 0 aliphatic rings. The van der Waals surface area contributed by atoms with E-state index in [1.807, 2.05) is 44.2 Å². The third-order valence-electron chi connectivity index (χ3n) is 4.06. The maximum absolute atomic E-state index is 11.9. The first-order valence-electron chi connectivity index (χ1n) is 9.32. The fourth-order valence-electron chi connectivity index (χ4n) is 2.46. The Morgan fingerprint density at radius 1 is 1.33 bits per heavy atom. The van der Waals surface area contributed by atoms with Crippen molar-refractivity contribution in [3.05, 3.63) is 36.1 Å². The van der Waals surface area contributed by atoms with Crippen molar-refractivity contribution < 1.29 is 13.9 Å². The third kappa shape index (κ3) is 6.60. The molecule has 0 spiro atoms. The number of guanidine groups is 1. The number of carbonyl (C=O) groups is 1. The smallest absolute Gasteiger partial charge is 0.243 e. The van der Waals surface area contributed by atoms with E-state index in [1.54, 1.807) is 14.1 Å². The average Bonchev–Trinajstić information content (AvgIpc) is 3.09. The number of benzene rings is 1. The summed E-state index contributed by atoms with van der Waals surface area (Å²) in [5.41, 5.74) is 0.854. The fourth-order valence-corrected chi connectivity index (χ4v) is 2.46. The van der Waals surface area contributed by atoms with Crippen molar-refractivity contribution in [2.24, 2.45) is 4.99 Å². The Morgan fingerprint density at radius 2 is 2.11 bits per heavy atom. The van der Waals surface area contributed by atoms with Crippen LogP contribution in [0.1, 0.15) is 32.1 Å². The predicted molar refractivity (Wildman–Crippen MR) is 108 cm³/mol. The average molecular weight is 374 g/mol. The van der Waals surface area contributed by atoms with Crippen LogP contribution in [-0.2, 0) is 9.53 Å². The molecule has 0 aliphatic carbocycles. The van der Waals surface area contributed by atoms with Gasteiger partial charge in [-0.05, 0) is 32.4 Å². The van der Waals surface area contributed by atoms with Crippen molar-refractivity contribution >= 4 is 22.8 Å². The summed E-state index contributed by atoms with van der Waals surface area (Å²) in [5, 5.41) is 7.63. The molecule has 148 valence electrons. The minimum absolute atomic E-state index is 0.0539. The van der Waals surface area contributed by atoms with Gasteiger partial charge in [0.05, 0.1) is 6.04 Å². The predicted octanol–water partition coefficient (Wildman–Crippen LogP) is 2.54. The van der Waals surface area contributed by atoms with Crippen molar-refractivity contribution in [2.75, 3.05) is 40.4 Å². The molecule has 0 radical (unpaired) electrons. The van der Waals surface area contributed by atoms with Crippen LogP contribution in [0, 0.1) is 0 Å². The van der Waals surface area contributed by atoms with E-state index in [1.165, 1.54) is 4.90 Å². The SMILES string of the molecule is CCOCCCNC(=NCC(=O)N(C)C)NC(C)c1cc2ccccc2o1. The highest BCUT2D eigenvalue weighted by Crippen LogP contribution is 2.23. The molecular formula is C20H30N4O3. The summed E-state index contributed by atoms with van der Waals surface area (Å²) in [4.78, 5) is 17.8. The second kappa shape index (κ2) is 10.6. The highest BCUT2D eigenvalue weighted by Gasteiger charge is 2.13. The molecule has 2 N–H and O–H groups in total. The Bertz CT molecular complexity index is 722. The van der Waals surface area contributed by atoms with Crippen LogP contribution in [-0.4, -0.2) is 57.2 Å². The Hall–Kier alpha value is -2.54. The minimum Gasteiger partial charge on any atom is -0.459 e. The van der Waals surface area contributed by atoms with Gasteiger partial charge >= 0.3 is 0 Å². The van der Waals surface area contributed by atoms with Gasteiger partial charge in [0.25, 0.3) is 0 Å². The largest absolute Gasteiger partial charge is 0.459 e. The second-order valence-electron chi connectivity index (χ2n) is 6.48. The molecule has 1 heterocycles. The van der Waals surface area contributed by atoms with Crippen molar-refractivity contribution in [1.29, 1.82) is 0 Å². The lowest BCUT2D eigenvalue weighted by Gasteiger charge is -2.17. The Kier molecular flexibility index (Phi) is 8.13.